The second-order valence-electron chi connectivity index (χ2n) is 7.80. The number of benzene rings is 2. The third-order valence-corrected chi connectivity index (χ3v) is 5.95. The van der Waals surface area contributed by atoms with E-state index in [1.165, 1.54) is 31.2 Å². The lowest BCUT2D eigenvalue weighted by Gasteiger charge is -2.45. The van der Waals surface area contributed by atoms with Crippen LogP contribution in [0.3, 0.4) is 0 Å². The summed E-state index contributed by atoms with van der Waals surface area (Å²) < 4.78 is 0. The Morgan fingerprint density at radius 2 is 1.58 bits per heavy atom. The van der Waals surface area contributed by atoms with E-state index < -0.39 is 0 Å². The number of hydrogen-bond acceptors (Lipinski definition) is 2. The van der Waals surface area contributed by atoms with Gasteiger partial charge in [0.2, 0.25) is 0 Å². The van der Waals surface area contributed by atoms with Gasteiger partial charge in [-0.3, -0.25) is 4.79 Å². The molecule has 2 aromatic rings. The molecule has 1 fully saturated rings. The quantitative estimate of drug-likeness (QED) is 0.849. The van der Waals surface area contributed by atoms with Gasteiger partial charge in [-0.15, -0.1) is 0 Å². The molecule has 1 aliphatic carbocycles. The third-order valence-electron chi connectivity index (χ3n) is 5.95. The molecule has 0 aliphatic heterocycles. The number of amides is 1. The van der Waals surface area contributed by atoms with Crippen molar-refractivity contribution in [3.8, 4) is 0 Å². The molecule has 26 heavy (non-hydrogen) atoms. The summed E-state index contributed by atoms with van der Waals surface area (Å²) >= 11 is 0. The van der Waals surface area contributed by atoms with E-state index in [2.05, 4.69) is 54.6 Å². The highest BCUT2D eigenvalue weighted by molar-refractivity contribution is 5.94. The maximum absolute atomic E-state index is 12.2. The van der Waals surface area contributed by atoms with Gasteiger partial charge in [0.25, 0.3) is 5.91 Å². The first-order valence-electron chi connectivity index (χ1n) is 9.64. The lowest BCUT2D eigenvalue weighted by atomic mass is 9.72. The van der Waals surface area contributed by atoms with Crippen LogP contribution in [0, 0.1) is 5.92 Å². The van der Waals surface area contributed by atoms with E-state index in [1.54, 1.807) is 0 Å². The minimum Gasteiger partial charge on any atom is -0.352 e. The standard InChI is InChI=1S/C23H30N2O/c1-25(2)23(17-19-9-5-3-6-10-19)15-13-20(14-16-23)18-24-22(26)21-11-7-4-8-12-21/h3-12,20H,13-18H2,1-2H3,(H,24,26). The number of nitrogens with one attached hydrogen (secondary N) is 1. The molecule has 0 bridgehead atoms. The predicted octanol–water partition coefficient (Wildman–Crippen LogP) is 4.15. The van der Waals surface area contributed by atoms with Gasteiger partial charge in [0.15, 0.2) is 0 Å². The molecular formula is C23H30N2O. The molecule has 2 aromatic carbocycles. The van der Waals surface area contributed by atoms with Crippen molar-refractivity contribution in [2.24, 2.45) is 5.92 Å². The minimum absolute atomic E-state index is 0.0410. The van der Waals surface area contributed by atoms with Crippen molar-refractivity contribution in [1.82, 2.24) is 10.2 Å². The van der Waals surface area contributed by atoms with Crippen LogP contribution in [-0.4, -0.2) is 37.0 Å². The van der Waals surface area contributed by atoms with Crippen molar-refractivity contribution >= 4 is 5.91 Å². The molecule has 1 N–H and O–H groups in total. The molecule has 1 amide bonds. The summed E-state index contributed by atoms with van der Waals surface area (Å²) in [6.45, 7) is 0.780. The molecule has 3 rings (SSSR count). The highest BCUT2D eigenvalue weighted by Gasteiger charge is 2.37. The Morgan fingerprint density at radius 1 is 1.00 bits per heavy atom. The number of carbonyl (C=O) groups excluding carboxylic acids is 1. The largest absolute Gasteiger partial charge is 0.352 e. The van der Waals surface area contributed by atoms with Crippen LogP contribution < -0.4 is 5.32 Å². The Hall–Kier alpha value is -2.13. The second-order valence-corrected chi connectivity index (χ2v) is 7.80. The highest BCUT2D eigenvalue weighted by Crippen LogP contribution is 2.37. The van der Waals surface area contributed by atoms with Crippen LogP contribution in [0.5, 0.6) is 0 Å². The molecule has 3 heteroatoms. The summed E-state index contributed by atoms with van der Waals surface area (Å²) in [6.07, 6.45) is 5.80. The molecule has 0 aromatic heterocycles. The van der Waals surface area contributed by atoms with E-state index in [-0.39, 0.29) is 11.4 Å². The number of nitrogens with zero attached hydrogens (tertiary/aromatic N) is 1. The van der Waals surface area contributed by atoms with E-state index in [0.29, 0.717) is 5.92 Å². The molecule has 0 radical (unpaired) electrons. The molecular weight excluding hydrogens is 320 g/mol. The van der Waals surface area contributed by atoms with Crippen LogP contribution in [0.15, 0.2) is 60.7 Å². The maximum atomic E-state index is 12.2. The van der Waals surface area contributed by atoms with E-state index in [9.17, 15) is 4.79 Å². The number of rotatable bonds is 6. The summed E-state index contributed by atoms with van der Waals surface area (Å²) in [7, 11) is 4.42. The first kappa shape index (κ1) is 18.7. The Kier molecular flexibility index (Phi) is 6.10. The Morgan fingerprint density at radius 3 is 2.15 bits per heavy atom. The van der Waals surface area contributed by atoms with Gasteiger partial charge >= 0.3 is 0 Å². The van der Waals surface area contributed by atoms with Crippen LogP contribution in [-0.2, 0) is 6.42 Å². The van der Waals surface area contributed by atoms with E-state index in [1.807, 2.05) is 30.3 Å². The molecule has 0 atom stereocenters. The SMILES string of the molecule is CN(C)C1(Cc2ccccc2)CCC(CNC(=O)c2ccccc2)CC1. The summed E-state index contributed by atoms with van der Waals surface area (Å²) in [5.74, 6) is 0.617. The molecule has 0 saturated heterocycles. The lowest BCUT2D eigenvalue weighted by Crippen LogP contribution is -2.49. The topological polar surface area (TPSA) is 32.3 Å². The van der Waals surface area contributed by atoms with Crippen molar-refractivity contribution < 1.29 is 4.79 Å². The van der Waals surface area contributed by atoms with Crippen LogP contribution in [0.2, 0.25) is 0 Å². The van der Waals surface area contributed by atoms with Gasteiger partial charge in [0, 0.05) is 17.6 Å². The van der Waals surface area contributed by atoms with Crippen LogP contribution in [0.1, 0.15) is 41.6 Å². The highest BCUT2D eigenvalue weighted by atomic mass is 16.1. The monoisotopic (exact) mass is 350 g/mol. The van der Waals surface area contributed by atoms with Crippen LogP contribution in [0.4, 0.5) is 0 Å². The van der Waals surface area contributed by atoms with Crippen molar-refractivity contribution in [3.63, 3.8) is 0 Å². The van der Waals surface area contributed by atoms with Crippen molar-refractivity contribution in [2.75, 3.05) is 20.6 Å². The summed E-state index contributed by atoms with van der Waals surface area (Å²) in [5.41, 5.74) is 2.40. The molecule has 1 saturated carbocycles. The van der Waals surface area contributed by atoms with Gasteiger partial charge in [-0.2, -0.15) is 0 Å². The van der Waals surface area contributed by atoms with Crippen LogP contribution in [0.25, 0.3) is 0 Å². The number of carbonyl (C=O) groups is 1. The van der Waals surface area contributed by atoms with Gasteiger partial charge < -0.3 is 10.2 Å². The number of likely N-dealkylation sites (N-methyl/N-ethyl adjacent to an activating group) is 1. The zero-order valence-electron chi connectivity index (χ0n) is 15.9. The predicted molar refractivity (Wildman–Crippen MR) is 107 cm³/mol. The smallest absolute Gasteiger partial charge is 0.251 e. The van der Waals surface area contributed by atoms with Crippen molar-refractivity contribution in [2.45, 2.75) is 37.6 Å². The fourth-order valence-electron chi connectivity index (χ4n) is 4.11. The first-order chi connectivity index (χ1) is 12.6. The summed E-state index contributed by atoms with van der Waals surface area (Å²) in [6, 6.07) is 20.3. The zero-order valence-corrected chi connectivity index (χ0v) is 15.9. The zero-order chi connectivity index (χ0) is 18.4. The van der Waals surface area contributed by atoms with Gasteiger partial charge in [-0.05, 0) is 69.8 Å². The van der Waals surface area contributed by atoms with Gasteiger partial charge in [0.1, 0.15) is 0 Å². The first-order valence-corrected chi connectivity index (χ1v) is 9.64. The Bertz CT molecular complexity index is 689. The Labute approximate surface area is 157 Å². The van der Waals surface area contributed by atoms with Gasteiger partial charge in [-0.25, -0.2) is 0 Å². The molecule has 0 spiro atoms. The third kappa shape index (κ3) is 4.53. The minimum atomic E-state index is 0.0410. The average molecular weight is 351 g/mol. The number of hydrogen-bond donors (Lipinski definition) is 1. The lowest BCUT2D eigenvalue weighted by molar-refractivity contribution is 0.0763. The summed E-state index contributed by atoms with van der Waals surface area (Å²) in [5, 5.41) is 3.12. The van der Waals surface area contributed by atoms with Gasteiger partial charge in [0.05, 0.1) is 0 Å². The van der Waals surface area contributed by atoms with Crippen LogP contribution >= 0.6 is 0 Å². The van der Waals surface area contributed by atoms with Crippen molar-refractivity contribution in [3.05, 3.63) is 71.8 Å². The van der Waals surface area contributed by atoms with E-state index in [4.69, 9.17) is 0 Å². The fourth-order valence-corrected chi connectivity index (χ4v) is 4.11. The molecule has 0 unspecified atom stereocenters. The molecule has 138 valence electrons. The Balaban J connectivity index is 1.54. The fraction of sp³-hybridized carbons (Fsp3) is 0.435. The average Bonchev–Trinajstić information content (AvgIpc) is 2.68. The normalized spacial score (nSPS) is 23.0. The van der Waals surface area contributed by atoms with Crippen molar-refractivity contribution in [1.29, 1.82) is 0 Å². The van der Waals surface area contributed by atoms with E-state index >= 15 is 0 Å². The molecule has 1 aliphatic rings. The summed E-state index contributed by atoms with van der Waals surface area (Å²) in [4.78, 5) is 14.7. The van der Waals surface area contributed by atoms with E-state index in [0.717, 1.165) is 18.5 Å². The second kappa shape index (κ2) is 8.50. The molecule has 0 heterocycles. The maximum Gasteiger partial charge on any atom is 0.251 e. The molecule has 3 nitrogen and oxygen atoms in total. The van der Waals surface area contributed by atoms with Gasteiger partial charge in [-0.1, -0.05) is 48.5 Å².